The molecule has 4 rings (SSSR count). The van der Waals surface area contributed by atoms with Gasteiger partial charge in [-0.1, -0.05) is 30.3 Å². The van der Waals surface area contributed by atoms with Gasteiger partial charge in [-0.15, -0.1) is 0 Å². The van der Waals surface area contributed by atoms with Crippen molar-refractivity contribution < 1.29 is 14.7 Å². The lowest BCUT2D eigenvalue weighted by Gasteiger charge is -2.50. The van der Waals surface area contributed by atoms with E-state index in [2.05, 4.69) is 5.32 Å². The first-order chi connectivity index (χ1) is 10.5. The molecule has 3 heterocycles. The summed E-state index contributed by atoms with van der Waals surface area (Å²) in [5, 5.41) is 12.4. The molecule has 2 atom stereocenters. The summed E-state index contributed by atoms with van der Waals surface area (Å²) in [5.41, 5.74) is 0.986. The molecule has 5 nitrogen and oxygen atoms in total. The molecule has 2 N–H and O–H groups in total. The minimum atomic E-state index is -1.29. The van der Waals surface area contributed by atoms with Crippen LogP contribution in [0.5, 0.6) is 0 Å². The SMILES string of the molecule is CN1C(=O)[C@@]2(CO)NC(=O)[C@]1(Cc1ccccc1)SSSS2. The van der Waals surface area contributed by atoms with Gasteiger partial charge < -0.3 is 15.3 Å². The van der Waals surface area contributed by atoms with E-state index in [1.165, 1.54) is 46.1 Å². The number of nitrogens with one attached hydrogen (secondary N) is 1. The van der Waals surface area contributed by atoms with Crippen LogP contribution in [0.25, 0.3) is 0 Å². The number of hydrogen-bond acceptors (Lipinski definition) is 7. The fraction of sp³-hybridized carbons (Fsp3) is 0.385. The van der Waals surface area contributed by atoms with E-state index in [0.717, 1.165) is 5.56 Å². The first-order valence-corrected chi connectivity index (χ1v) is 11.3. The molecular weight excluding hydrogens is 360 g/mol. The van der Waals surface area contributed by atoms with Crippen LogP contribution in [-0.2, 0) is 16.0 Å². The number of benzene rings is 1. The normalized spacial score (nSPS) is 31.6. The van der Waals surface area contributed by atoms with Gasteiger partial charge in [-0.05, 0) is 46.8 Å². The molecule has 3 aliphatic heterocycles. The zero-order valence-corrected chi connectivity index (χ0v) is 14.9. The Kier molecular flexibility index (Phi) is 4.61. The molecule has 0 spiro atoms. The smallest absolute Gasteiger partial charge is 0.263 e. The summed E-state index contributed by atoms with van der Waals surface area (Å²) in [6.45, 7) is -0.424. The number of likely N-dealkylation sites (N-methyl/N-ethyl adjacent to an activating group) is 1. The Bertz CT molecular complexity index is 602. The molecule has 2 bridgehead atoms. The molecule has 22 heavy (non-hydrogen) atoms. The highest BCUT2D eigenvalue weighted by Gasteiger charge is 2.60. The molecule has 9 heteroatoms. The van der Waals surface area contributed by atoms with E-state index in [1.807, 2.05) is 30.3 Å². The highest BCUT2D eigenvalue weighted by molar-refractivity contribution is 9.26. The van der Waals surface area contributed by atoms with Gasteiger partial charge in [-0.3, -0.25) is 9.59 Å². The number of nitrogens with zero attached hydrogens (tertiary/aromatic N) is 1. The monoisotopic (exact) mass is 374 g/mol. The van der Waals surface area contributed by atoms with Gasteiger partial charge in [0.25, 0.3) is 11.8 Å². The Morgan fingerprint density at radius 3 is 2.55 bits per heavy atom. The summed E-state index contributed by atoms with van der Waals surface area (Å²) in [7, 11) is 7.07. The highest BCUT2D eigenvalue weighted by atomic mass is 33.7. The maximum atomic E-state index is 12.8. The third-order valence-electron chi connectivity index (χ3n) is 3.75. The Morgan fingerprint density at radius 1 is 1.18 bits per heavy atom. The second-order valence-corrected chi connectivity index (χ2v) is 11.3. The van der Waals surface area contributed by atoms with E-state index in [0.29, 0.717) is 6.42 Å². The Labute approximate surface area is 143 Å². The molecule has 0 saturated carbocycles. The predicted molar refractivity (Wildman–Crippen MR) is 94.0 cm³/mol. The van der Waals surface area contributed by atoms with E-state index >= 15 is 0 Å². The van der Waals surface area contributed by atoms with Crippen molar-refractivity contribution in [3.63, 3.8) is 0 Å². The number of hydrogen-bond donors (Lipinski definition) is 2. The standard InChI is InChI=1S/C13H14N2O3S4/c1-15-11(18)12(8-16)14-10(17)13(15,20-22-21-19-12)7-9-5-3-2-4-6-9/h2-6,16H,7-8H2,1H3,(H,14,17)/t12-,13-/m0/s1. The molecule has 3 fully saturated rings. The van der Waals surface area contributed by atoms with Crippen molar-refractivity contribution in [2.45, 2.75) is 16.2 Å². The zero-order valence-electron chi connectivity index (χ0n) is 11.6. The zero-order chi connectivity index (χ0) is 15.8. The van der Waals surface area contributed by atoms with Gasteiger partial charge in [0.05, 0.1) is 6.61 Å². The van der Waals surface area contributed by atoms with Crippen LogP contribution < -0.4 is 5.32 Å². The van der Waals surface area contributed by atoms with Crippen LogP contribution in [0.4, 0.5) is 0 Å². The molecule has 2 amide bonds. The fourth-order valence-electron chi connectivity index (χ4n) is 2.45. The van der Waals surface area contributed by atoms with E-state index in [4.69, 9.17) is 0 Å². The van der Waals surface area contributed by atoms with E-state index in [1.54, 1.807) is 7.05 Å². The number of carbonyl (C=O) groups is 2. The summed E-state index contributed by atoms with van der Waals surface area (Å²) in [4.78, 5) is 24.7. The molecule has 0 aromatic heterocycles. The van der Waals surface area contributed by atoms with Crippen molar-refractivity contribution >= 4 is 53.1 Å². The maximum Gasteiger partial charge on any atom is 0.263 e. The van der Waals surface area contributed by atoms with Gasteiger partial charge in [0.1, 0.15) is 0 Å². The molecule has 3 saturated heterocycles. The number of aliphatic hydroxyl groups excluding tert-OH is 1. The van der Waals surface area contributed by atoms with Gasteiger partial charge >= 0.3 is 0 Å². The largest absolute Gasteiger partial charge is 0.392 e. The van der Waals surface area contributed by atoms with Crippen molar-refractivity contribution in [3.8, 4) is 0 Å². The number of aliphatic hydroxyl groups is 1. The predicted octanol–water partition coefficient (Wildman–Crippen LogP) is 1.89. The minimum absolute atomic E-state index is 0.238. The number of carbonyl (C=O) groups excluding carboxylic acids is 2. The molecule has 0 aliphatic carbocycles. The molecule has 0 radical (unpaired) electrons. The average Bonchev–Trinajstić information content (AvgIpc) is 2.53. The van der Waals surface area contributed by atoms with Gasteiger partial charge in [0.2, 0.25) is 0 Å². The topological polar surface area (TPSA) is 69.6 Å². The average molecular weight is 375 g/mol. The third kappa shape index (κ3) is 2.52. The van der Waals surface area contributed by atoms with E-state index < -0.39 is 16.3 Å². The van der Waals surface area contributed by atoms with Gasteiger partial charge in [-0.25, -0.2) is 0 Å². The molecule has 1 aromatic carbocycles. The molecule has 118 valence electrons. The first kappa shape index (κ1) is 16.4. The summed E-state index contributed by atoms with van der Waals surface area (Å²) in [6, 6.07) is 9.64. The van der Waals surface area contributed by atoms with Gasteiger partial charge in [0, 0.05) is 13.5 Å². The summed E-state index contributed by atoms with van der Waals surface area (Å²) >= 11 is 0. The second kappa shape index (κ2) is 6.20. The lowest BCUT2D eigenvalue weighted by molar-refractivity contribution is -0.152. The van der Waals surface area contributed by atoms with Gasteiger partial charge in [-0.2, -0.15) is 0 Å². The Balaban J connectivity index is 2.01. The molecule has 1 aromatic rings. The van der Waals surface area contributed by atoms with Crippen molar-refractivity contribution in [1.82, 2.24) is 10.2 Å². The van der Waals surface area contributed by atoms with Crippen LogP contribution in [0.3, 0.4) is 0 Å². The second-order valence-electron chi connectivity index (χ2n) is 5.05. The van der Waals surface area contributed by atoms with Crippen LogP contribution >= 0.6 is 41.2 Å². The van der Waals surface area contributed by atoms with Crippen LogP contribution in [-0.4, -0.2) is 45.2 Å². The minimum Gasteiger partial charge on any atom is -0.392 e. The lowest BCUT2D eigenvalue weighted by atomic mass is 9.99. The summed E-state index contributed by atoms with van der Waals surface area (Å²) in [6.07, 6.45) is 0.423. The van der Waals surface area contributed by atoms with Crippen LogP contribution in [0.2, 0.25) is 0 Å². The van der Waals surface area contributed by atoms with Crippen molar-refractivity contribution in [2.24, 2.45) is 0 Å². The Morgan fingerprint density at radius 2 is 1.86 bits per heavy atom. The van der Waals surface area contributed by atoms with Crippen LogP contribution in [0.15, 0.2) is 30.3 Å². The van der Waals surface area contributed by atoms with Crippen LogP contribution in [0, 0.1) is 0 Å². The number of amides is 2. The molecule has 0 unspecified atom stereocenters. The Hall–Kier alpha value is -0.480. The maximum absolute atomic E-state index is 12.8. The lowest BCUT2D eigenvalue weighted by Crippen LogP contribution is -2.74. The van der Waals surface area contributed by atoms with Crippen molar-refractivity contribution in [2.75, 3.05) is 13.7 Å². The van der Waals surface area contributed by atoms with Crippen LogP contribution in [0.1, 0.15) is 5.56 Å². The van der Waals surface area contributed by atoms with Crippen molar-refractivity contribution in [1.29, 1.82) is 0 Å². The quantitative estimate of drug-likeness (QED) is 0.783. The first-order valence-electron chi connectivity index (χ1n) is 6.50. The number of rotatable bonds is 3. The third-order valence-corrected chi connectivity index (χ3v) is 11.0. The fourth-order valence-corrected chi connectivity index (χ4v) is 9.82. The highest BCUT2D eigenvalue weighted by Crippen LogP contribution is 2.58. The molecule has 3 aliphatic rings. The van der Waals surface area contributed by atoms with E-state index in [-0.39, 0.29) is 11.8 Å². The molecular formula is C13H14N2O3S4. The van der Waals surface area contributed by atoms with E-state index in [9.17, 15) is 14.7 Å². The number of fused-ring (bicyclic) bond motifs is 5. The summed E-state index contributed by atoms with van der Waals surface area (Å²) in [5.74, 6) is -0.506. The number of piperazine rings is 1. The van der Waals surface area contributed by atoms with Gasteiger partial charge in [0.15, 0.2) is 9.74 Å². The van der Waals surface area contributed by atoms with Crippen molar-refractivity contribution in [3.05, 3.63) is 35.9 Å². The summed E-state index contributed by atoms with van der Waals surface area (Å²) < 4.78 is 0.